The average molecular weight is 541 g/mol. The van der Waals surface area contributed by atoms with Crippen LogP contribution in [-0.4, -0.2) is 29.9 Å². The lowest BCUT2D eigenvalue weighted by molar-refractivity contribution is 1.22. The molecule has 0 bridgehead atoms. The molecule has 0 atom stereocenters. The minimum Gasteiger partial charge on any atom is -0.256 e. The van der Waals surface area contributed by atoms with Gasteiger partial charge in [0.25, 0.3) is 0 Å². The van der Waals surface area contributed by atoms with Crippen molar-refractivity contribution in [3.8, 4) is 0 Å². The van der Waals surface area contributed by atoms with Gasteiger partial charge in [0, 0.05) is 70.6 Å². The Morgan fingerprint density at radius 3 is 0.595 bits per heavy atom. The van der Waals surface area contributed by atoms with E-state index in [9.17, 15) is 0 Å². The second-order valence-corrected chi connectivity index (χ2v) is 9.54. The van der Waals surface area contributed by atoms with E-state index in [1.54, 1.807) is 0 Å². The van der Waals surface area contributed by atoms with Crippen LogP contribution in [0.25, 0.3) is 16.7 Å². The first-order chi connectivity index (χ1) is 20.9. The third-order valence-electron chi connectivity index (χ3n) is 6.96. The molecule has 0 spiro atoms. The van der Waals surface area contributed by atoms with Gasteiger partial charge in [-0.15, -0.1) is 0 Å². The Morgan fingerprint density at radius 2 is 0.452 bits per heavy atom. The Balaban J connectivity index is 1.68. The third kappa shape index (κ3) is 4.82. The van der Waals surface area contributed by atoms with Gasteiger partial charge in [0.15, 0.2) is 0 Å². The Bertz CT molecular complexity index is 1550. The smallest absolute Gasteiger partial charge is 0.0730 e. The second-order valence-electron chi connectivity index (χ2n) is 9.54. The van der Waals surface area contributed by atoms with E-state index in [4.69, 9.17) is 29.9 Å². The maximum Gasteiger partial charge on any atom is 0.0730 e. The lowest BCUT2D eigenvalue weighted by atomic mass is 10.0. The van der Waals surface area contributed by atoms with Crippen LogP contribution in [0.2, 0.25) is 0 Å². The topological polar surface area (TPSA) is 77.3 Å². The fourth-order valence-electron chi connectivity index (χ4n) is 5.16. The monoisotopic (exact) mass is 540 g/mol. The molecule has 0 amide bonds. The van der Waals surface area contributed by atoms with Crippen LogP contribution in [0.3, 0.4) is 0 Å². The van der Waals surface area contributed by atoms with Gasteiger partial charge in [-0.1, -0.05) is 36.4 Å². The zero-order chi connectivity index (χ0) is 28.1. The minimum absolute atomic E-state index is 0.821. The molecule has 6 aromatic rings. The molecule has 1 aliphatic carbocycles. The van der Waals surface area contributed by atoms with Crippen molar-refractivity contribution in [2.45, 2.75) is 0 Å². The van der Waals surface area contributed by atoms with Crippen LogP contribution in [0, 0.1) is 0 Å². The molecule has 6 aromatic heterocycles. The van der Waals surface area contributed by atoms with Gasteiger partial charge in [-0.25, -0.2) is 0 Å². The van der Waals surface area contributed by atoms with Crippen molar-refractivity contribution >= 4 is 16.7 Å². The van der Waals surface area contributed by atoms with Crippen molar-refractivity contribution in [3.63, 3.8) is 0 Å². The zero-order valence-corrected chi connectivity index (χ0v) is 22.5. The number of hydrogen-bond donors (Lipinski definition) is 0. The van der Waals surface area contributed by atoms with E-state index in [1.807, 2.05) is 146 Å². The molecule has 1 saturated carbocycles. The fraction of sp³-hybridized carbons (Fsp3) is 0. The molecule has 6 heterocycles. The Labute approximate surface area is 243 Å². The summed E-state index contributed by atoms with van der Waals surface area (Å²) in [6.07, 6.45) is 10.9. The van der Waals surface area contributed by atoms with E-state index in [0.717, 1.165) is 67.6 Å². The standard InChI is InChI=1S/C36H24N6/c1-7-19-37-25(13-1)31(26-14-2-8-20-38-26)34-35(32(27-15-3-9-21-39-27)28-16-4-10-22-40-28)36(34)33(29-17-5-11-23-41-29)30-18-6-12-24-42-30/h1-24H. The number of allylic oxidation sites excluding steroid dienone is 3. The van der Waals surface area contributed by atoms with Crippen molar-refractivity contribution < 1.29 is 0 Å². The Hall–Kier alpha value is -5.88. The van der Waals surface area contributed by atoms with Crippen LogP contribution in [0.4, 0.5) is 0 Å². The maximum absolute atomic E-state index is 4.79. The van der Waals surface area contributed by atoms with Crippen LogP contribution < -0.4 is 0 Å². The molecule has 198 valence electrons. The van der Waals surface area contributed by atoms with Crippen LogP contribution >= 0.6 is 0 Å². The van der Waals surface area contributed by atoms with Gasteiger partial charge in [-0.05, 0) is 72.8 Å². The van der Waals surface area contributed by atoms with Gasteiger partial charge in [0.05, 0.1) is 34.2 Å². The lowest BCUT2D eigenvalue weighted by Crippen LogP contribution is -1.95. The van der Waals surface area contributed by atoms with E-state index in [0.29, 0.717) is 0 Å². The maximum atomic E-state index is 4.79. The molecule has 42 heavy (non-hydrogen) atoms. The SMILES string of the molecule is c1ccc(C(=C2C(=C(c3ccccn3)c3ccccn3)C2=C(c2ccccn2)c2ccccn2)c2ccccn2)nc1. The summed E-state index contributed by atoms with van der Waals surface area (Å²) < 4.78 is 0. The molecular weight excluding hydrogens is 516 g/mol. The van der Waals surface area contributed by atoms with Gasteiger partial charge in [-0.2, -0.15) is 0 Å². The molecule has 1 fully saturated rings. The van der Waals surface area contributed by atoms with E-state index in [2.05, 4.69) is 0 Å². The lowest BCUT2D eigenvalue weighted by Gasteiger charge is -2.07. The normalized spacial score (nSPS) is 12.1. The van der Waals surface area contributed by atoms with E-state index >= 15 is 0 Å². The summed E-state index contributed by atoms with van der Waals surface area (Å²) in [7, 11) is 0. The molecule has 0 aromatic carbocycles. The number of hydrogen-bond acceptors (Lipinski definition) is 6. The molecule has 6 heteroatoms. The van der Waals surface area contributed by atoms with E-state index in [1.165, 1.54) is 0 Å². The van der Waals surface area contributed by atoms with Gasteiger partial charge < -0.3 is 0 Å². The molecule has 0 saturated heterocycles. The molecule has 0 aliphatic heterocycles. The highest BCUT2D eigenvalue weighted by molar-refractivity contribution is 6.11. The number of nitrogens with zero attached hydrogens (tertiary/aromatic N) is 6. The third-order valence-corrected chi connectivity index (χ3v) is 6.96. The molecule has 1 aliphatic rings. The first kappa shape index (κ1) is 25.1. The van der Waals surface area contributed by atoms with Gasteiger partial charge >= 0.3 is 0 Å². The molecule has 0 N–H and O–H groups in total. The predicted molar refractivity (Wildman–Crippen MR) is 163 cm³/mol. The van der Waals surface area contributed by atoms with Crippen LogP contribution in [0.5, 0.6) is 0 Å². The highest BCUT2D eigenvalue weighted by atomic mass is 14.8. The van der Waals surface area contributed by atoms with Gasteiger partial charge in [-0.3, -0.25) is 29.9 Å². The number of pyridine rings is 6. The first-order valence-corrected chi connectivity index (χ1v) is 13.6. The van der Waals surface area contributed by atoms with Crippen molar-refractivity contribution in [2.24, 2.45) is 0 Å². The summed E-state index contributed by atoms with van der Waals surface area (Å²) >= 11 is 0. The summed E-state index contributed by atoms with van der Waals surface area (Å²) in [5, 5.41) is 0. The Morgan fingerprint density at radius 1 is 0.262 bits per heavy atom. The van der Waals surface area contributed by atoms with Gasteiger partial charge in [0.1, 0.15) is 0 Å². The minimum atomic E-state index is 0.821. The summed E-state index contributed by atoms with van der Waals surface area (Å²) in [5.41, 5.74) is 10.8. The highest BCUT2D eigenvalue weighted by Crippen LogP contribution is 2.58. The number of aromatic nitrogens is 6. The van der Waals surface area contributed by atoms with E-state index < -0.39 is 0 Å². The quantitative estimate of drug-likeness (QED) is 0.229. The van der Waals surface area contributed by atoms with Crippen LogP contribution in [0.1, 0.15) is 34.2 Å². The highest BCUT2D eigenvalue weighted by Gasteiger charge is 2.43. The molecular formula is C36H24N6. The van der Waals surface area contributed by atoms with Crippen LogP contribution in [-0.2, 0) is 0 Å². The molecule has 0 radical (unpaired) electrons. The van der Waals surface area contributed by atoms with Crippen molar-refractivity contribution in [1.82, 2.24) is 29.9 Å². The average Bonchev–Trinajstić information content (AvgIpc) is 3.77. The fourth-order valence-corrected chi connectivity index (χ4v) is 5.16. The Kier molecular flexibility index (Phi) is 6.76. The first-order valence-electron chi connectivity index (χ1n) is 13.6. The molecule has 0 unspecified atom stereocenters. The summed E-state index contributed by atoms with van der Waals surface area (Å²) in [4.78, 5) is 28.7. The van der Waals surface area contributed by atoms with E-state index in [-0.39, 0.29) is 0 Å². The second kappa shape index (κ2) is 11.3. The zero-order valence-electron chi connectivity index (χ0n) is 22.5. The molecule has 7 rings (SSSR count). The van der Waals surface area contributed by atoms with Gasteiger partial charge in [0.2, 0.25) is 0 Å². The van der Waals surface area contributed by atoms with Crippen molar-refractivity contribution in [2.75, 3.05) is 0 Å². The summed E-state index contributed by atoms with van der Waals surface area (Å²) in [6, 6.07) is 35.6. The largest absolute Gasteiger partial charge is 0.256 e. The summed E-state index contributed by atoms with van der Waals surface area (Å²) in [5.74, 6) is 0. The van der Waals surface area contributed by atoms with Crippen molar-refractivity contribution in [3.05, 3.63) is 197 Å². The number of rotatable bonds is 6. The molecule has 6 nitrogen and oxygen atoms in total. The predicted octanol–water partition coefficient (Wildman–Crippen LogP) is 6.88. The summed E-state index contributed by atoms with van der Waals surface area (Å²) in [6.45, 7) is 0. The van der Waals surface area contributed by atoms with Crippen molar-refractivity contribution in [1.29, 1.82) is 0 Å². The van der Waals surface area contributed by atoms with Crippen LogP contribution in [0.15, 0.2) is 163 Å².